The van der Waals surface area contributed by atoms with Crippen LogP contribution in [0.1, 0.15) is 33.2 Å². The zero-order chi connectivity index (χ0) is 27.7. The first-order valence-corrected chi connectivity index (χ1v) is 11.5. The molecule has 2 aromatic carbocycles. The molecule has 198 valence electrons. The average Bonchev–Trinajstić information content (AvgIpc) is 3.50. The second kappa shape index (κ2) is 10.0. The average molecular weight is 536 g/mol. The summed E-state index contributed by atoms with van der Waals surface area (Å²) in [6, 6.07) is 13.2. The molecule has 10 nitrogen and oxygen atoms in total. The molecule has 0 saturated carbocycles. The highest BCUT2D eigenvalue weighted by Crippen LogP contribution is 2.41. The number of aliphatic hydroxyl groups excluding tert-OH is 1. The third-order valence-electron chi connectivity index (χ3n) is 5.92. The molecule has 1 atom stereocenters. The second-order valence-corrected chi connectivity index (χ2v) is 8.58. The normalized spacial score (nSPS) is 15.6. The first-order chi connectivity index (χ1) is 18.6. The van der Waals surface area contributed by atoms with Gasteiger partial charge in [0.2, 0.25) is 0 Å². The van der Waals surface area contributed by atoms with Gasteiger partial charge in [0, 0.05) is 5.56 Å². The van der Waals surface area contributed by atoms with Gasteiger partial charge in [-0.3, -0.25) is 14.5 Å². The summed E-state index contributed by atoms with van der Waals surface area (Å²) in [5, 5.41) is 27.0. The number of halogens is 3. The van der Waals surface area contributed by atoms with Gasteiger partial charge in [0.25, 0.3) is 5.91 Å². The molecule has 39 heavy (non-hydrogen) atoms. The number of ketones is 1. The number of Topliss-reactive ketones (excluding diaryl/α,β-unsaturated/α-hetero) is 1. The molecule has 0 aliphatic carbocycles. The van der Waals surface area contributed by atoms with Crippen LogP contribution in [0.25, 0.3) is 0 Å². The fraction of sp³-hybridized carbons (Fsp3) is 0.154. The summed E-state index contributed by atoms with van der Waals surface area (Å²) in [5.41, 5.74) is 1.60. The Hall–Kier alpha value is -5.07. The van der Waals surface area contributed by atoms with Crippen molar-refractivity contribution in [3.05, 3.63) is 107 Å². The van der Waals surface area contributed by atoms with Gasteiger partial charge in [0.15, 0.2) is 17.4 Å². The molecule has 0 fully saturated rings. The predicted octanol–water partition coefficient (Wildman–Crippen LogP) is 4.11. The molecule has 1 N–H and O–H groups in total. The molecule has 1 unspecified atom stereocenters. The van der Waals surface area contributed by atoms with Gasteiger partial charge in [0.1, 0.15) is 5.75 Å². The van der Waals surface area contributed by atoms with E-state index in [9.17, 15) is 27.9 Å². The van der Waals surface area contributed by atoms with Crippen molar-refractivity contribution in [3.8, 4) is 5.75 Å². The third-order valence-corrected chi connectivity index (χ3v) is 5.92. The zero-order valence-corrected chi connectivity index (χ0v) is 20.2. The molecule has 4 aromatic rings. The summed E-state index contributed by atoms with van der Waals surface area (Å²) in [6.45, 7) is 2.09. The Kier molecular flexibility index (Phi) is 6.56. The molecule has 1 aliphatic rings. The van der Waals surface area contributed by atoms with Gasteiger partial charge in [0.05, 0.1) is 36.2 Å². The van der Waals surface area contributed by atoms with Crippen molar-refractivity contribution in [1.82, 2.24) is 25.2 Å². The molecule has 0 radical (unpaired) electrons. The Morgan fingerprint density at radius 3 is 2.23 bits per heavy atom. The number of nitrogens with zero attached hydrogens (tertiary/aromatic N) is 6. The number of rotatable bonds is 7. The van der Waals surface area contributed by atoms with E-state index in [-0.39, 0.29) is 17.0 Å². The minimum absolute atomic E-state index is 0.0536. The molecular formula is C26H19F3N6O4. The van der Waals surface area contributed by atoms with Crippen LogP contribution in [-0.2, 0) is 11.3 Å². The number of aliphatic hydroxyl groups is 1. The van der Waals surface area contributed by atoms with Gasteiger partial charge in [-0.15, -0.1) is 18.3 Å². The quantitative estimate of drug-likeness (QED) is 0.350. The molecule has 3 heterocycles. The Morgan fingerprint density at radius 1 is 0.974 bits per heavy atom. The molecule has 13 heteroatoms. The number of carbonyl (C=O) groups is 2. The molecule has 5 rings (SSSR count). The number of alkyl halides is 3. The largest absolute Gasteiger partial charge is 0.573 e. The predicted molar refractivity (Wildman–Crippen MR) is 130 cm³/mol. The summed E-state index contributed by atoms with van der Waals surface area (Å²) < 4.78 is 41.5. The lowest BCUT2D eigenvalue weighted by Crippen LogP contribution is -2.32. The van der Waals surface area contributed by atoms with Crippen LogP contribution in [0.15, 0.2) is 84.4 Å². The maximum Gasteiger partial charge on any atom is 0.573 e. The van der Waals surface area contributed by atoms with E-state index in [0.29, 0.717) is 17.8 Å². The number of benzene rings is 2. The third kappa shape index (κ3) is 5.32. The monoisotopic (exact) mass is 536 g/mol. The molecule has 0 saturated heterocycles. The fourth-order valence-corrected chi connectivity index (χ4v) is 4.17. The van der Waals surface area contributed by atoms with Crippen molar-refractivity contribution < 1.29 is 32.6 Å². The van der Waals surface area contributed by atoms with E-state index in [4.69, 9.17) is 0 Å². The highest BCUT2D eigenvalue weighted by atomic mass is 19.4. The molecule has 1 aliphatic heterocycles. The summed E-state index contributed by atoms with van der Waals surface area (Å²) >= 11 is 0. The Labute approximate surface area is 219 Å². The first-order valence-electron chi connectivity index (χ1n) is 11.5. The highest BCUT2D eigenvalue weighted by Gasteiger charge is 2.45. The van der Waals surface area contributed by atoms with E-state index in [1.165, 1.54) is 10.9 Å². The van der Waals surface area contributed by atoms with E-state index in [0.717, 1.165) is 34.7 Å². The summed E-state index contributed by atoms with van der Waals surface area (Å²) in [5.74, 6) is -2.84. The smallest absolute Gasteiger partial charge is 0.503 e. The van der Waals surface area contributed by atoms with Crippen LogP contribution in [0, 0.1) is 6.92 Å². The van der Waals surface area contributed by atoms with Crippen molar-refractivity contribution in [3.63, 3.8) is 0 Å². The summed E-state index contributed by atoms with van der Waals surface area (Å²) in [6.07, 6.45) is -1.80. The number of amides is 1. The summed E-state index contributed by atoms with van der Waals surface area (Å²) in [4.78, 5) is 29.5. The van der Waals surface area contributed by atoms with Crippen LogP contribution in [0.2, 0.25) is 0 Å². The molecule has 1 amide bonds. The number of anilines is 1. The molecule has 0 spiro atoms. The van der Waals surface area contributed by atoms with Crippen molar-refractivity contribution in [1.29, 1.82) is 0 Å². The van der Waals surface area contributed by atoms with Crippen LogP contribution in [0.5, 0.6) is 5.75 Å². The maximum absolute atomic E-state index is 13.6. The van der Waals surface area contributed by atoms with E-state index >= 15 is 0 Å². The Bertz CT molecular complexity index is 1530. The number of aryl methyl sites for hydroxylation is 1. The lowest BCUT2D eigenvalue weighted by Gasteiger charge is -2.25. The van der Waals surface area contributed by atoms with E-state index in [1.807, 2.05) is 0 Å². The standard InChI is InChI=1S/C26H19F3N6O4/c1-15-2-11-20(33-32-15)35-22(17-5-3-16(4-6-17)14-34-30-12-13-31-34)21(24(37)25(35)38)23(36)18-7-9-19(10-8-18)39-26(27,28)29/h2-13,22,37H,14H2,1H3. The van der Waals surface area contributed by atoms with Gasteiger partial charge in [-0.25, -0.2) is 0 Å². The summed E-state index contributed by atoms with van der Waals surface area (Å²) in [7, 11) is 0. The van der Waals surface area contributed by atoms with Crippen LogP contribution >= 0.6 is 0 Å². The molecule has 2 aromatic heterocycles. The lowest BCUT2D eigenvalue weighted by atomic mass is 9.92. The topological polar surface area (TPSA) is 123 Å². The van der Waals surface area contributed by atoms with Crippen molar-refractivity contribution in [2.75, 3.05) is 4.90 Å². The van der Waals surface area contributed by atoms with Crippen molar-refractivity contribution >= 4 is 17.5 Å². The van der Waals surface area contributed by atoms with Gasteiger partial charge >= 0.3 is 6.36 Å². The first kappa shape index (κ1) is 25.6. The van der Waals surface area contributed by atoms with Gasteiger partial charge < -0.3 is 9.84 Å². The second-order valence-electron chi connectivity index (χ2n) is 8.58. The van der Waals surface area contributed by atoms with Crippen molar-refractivity contribution in [2.45, 2.75) is 25.9 Å². The minimum atomic E-state index is -4.90. The highest BCUT2D eigenvalue weighted by molar-refractivity contribution is 6.20. The van der Waals surface area contributed by atoms with Crippen LogP contribution in [0.3, 0.4) is 0 Å². The number of hydrogen-bond donors (Lipinski definition) is 1. The van der Waals surface area contributed by atoms with E-state index in [1.54, 1.807) is 49.6 Å². The van der Waals surface area contributed by atoms with E-state index in [2.05, 4.69) is 25.1 Å². The van der Waals surface area contributed by atoms with Crippen molar-refractivity contribution in [2.24, 2.45) is 0 Å². The van der Waals surface area contributed by atoms with Crippen LogP contribution in [0.4, 0.5) is 19.0 Å². The van der Waals surface area contributed by atoms with E-state index < -0.39 is 35.6 Å². The molecule has 0 bridgehead atoms. The number of aromatic nitrogens is 5. The Balaban J connectivity index is 1.53. The Morgan fingerprint density at radius 2 is 1.64 bits per heavy atom. The van der Waals surface area contributed by atoms with Gasteiger partial charge in [-0.2, -0.15) is 20.1 Å². The zero-order valence-electron chi connectivity index (χ0n) is 20.2. The van der Waals surface area contributed by atoms with Gasteiger partial charge in [-0.1, -0.05) is 24.3 Å². The fourth-order valence-electron chi connectivity index (χ4n) is 4.17. The minimum Gasteiger partial charge on any atom is -0.503 e. The van der Waals surface area contributed by atoms with Crippen LogP contribution < -0.4 is 9.64 Å². The SMILES string of the molecule is Cc1ccc(N2C(=O)C(O)=C(C(=O)c3ccc(OC(F)(F)F)cc3)C2c2ccc(Cn3nccn3)cc2)nn1. The number of ether oxygens (including phenoxy) is 1. The maximum atomic E-state index is 13.6. The number of carbonyl (C=O) groups excluding carboxylic acids is 2. The van der Waals surface area contributed by atoms with Gasteiger partial charge in [-0.05, 0) is 54.4 Å². The lowest BCUT2D eigenvalue weighted by molar-refractivity contribution is -0.274. The van der Waals surface area contributed by atoms with Crippen LogP contribution in [-0.4, -0.2) is 48.4 Å². The number of hydrogen-bond acceptors (Lipinski definition) is 8. The molecular weight excluding hydrogens is 517 g/mol.